The zero-order chi connectivity index (χ0) is 12.3. The van der Waals surface area contributed by atoms with Crippen LogP contribution >= 0.6 is 11.6 Å². The Hall–Kier alpha value is -0.680. The van der Waals surface area contributed by atoms with E-state index in [1.165, 1.54) is 10.9 Å². The smallest absolute Gasteiger partial charge is 0.259 e. The van der Waals surface area contributed by atoms with Crippen LogP contribution in [0.1, 0.15) is 38.5 Å². The first-order valence-corrected chi connectivity index (χ1v) is 5.61. The highest BCUT2D eigenvalue weighted by Crippen LogP contribution is 2.29. The molecule has 0 fully saturated rings. The summed E-state index contributed by atoms with van der Waals surface area (Å²) in [6.45, 7) is 5.98. The summed E-state index contributed by atoms with van der Waals surface area (Å²) in [5.41, 5.74) is 0.355. The summed E-state index contributed by atoms with van der Waals surface area (Å²) in [5.74, 6) is 0. The second kappa shape index (κ2) is 5.59. The molecule has 1 heterocycles. The van der Waals surface area contributed by atoms with Crippen molar-refractivity contribution in [2.45, 2.75) is 39.3 Å². The third-order valence-electron chi connectivity index (χ3n) is 2.25. The zero-order valence-electron chi connectivity index (χ0n) is 9.54. The van der Waals surface area contributed by atoms with Gasteiger partial charge in [-0.1, -0.05) is 18.5 Å². The Morgan fingerprint density at radius 2 is 2.12 bits per heavy atom. The predicted molar refractivity (Wildman–Crippen MR) is 60.0 cm³/mol. The molecule has 1 N–H and O–H groups in total. The van der Waals surface area contributed by atoms with E-state index in [4.69, 9.17) is 11.6 Å². The Balaban J connectivity index is 3.11. The van der Waals surface area contributed by atoms with Crippen molar-refractivity contribution in [3.63, 3.8) is 0 Å². The molecule has 6 heteroatoms. The summed E-state index contributed by atoms with van der Waals surface area (Å²) in [5, 5.41) is 7.02. The van der Waals surface area contributed by atoms with Crippen molar-refractivity contribution < 1.29 is 8.78 Å². The number of nitrogens with zero attached hydrogens (tertiary/aromatic N) is 2. The quantitative estimate of drug-likeness (QED) is 0.872. The van der Waals surface area contributed by atoms with Crippen LogP contribution in [0.5, 0.6) is 0 Å². The first-order chi connectivity index (χ1) is 7.49. The number of hydrogen-bond donors (Lipinski definition) is 1. The second-order valence-electron chi connectivity index (χ2n) is 3.79. The number of alkyl halides is 2. The number of aromatic nitrogens is 2. The van der Waals surface area contributed by atoms with Crippen molar-refractivity contribution in [1.82, 2.24) is 15.1 Å². The predicted octanol–water partition coefficient (Wildman–Crippen LogP) is 3.03. The molecule has 0 aliphatic carbocycles. The van der Waals surface area contributed by atoms with Gasteiger partial charge in [0.1, 0.15) is 6.04 Å². The van der Waals surface area contributed by atoms with Crippen LogP contribution in [0, 0.1) is 0 Å². The Labute approximate surface area is 98.8 Å². The molecular formula is C10H16ClF2N3. The molecule has 1 aromatic heterocycles. The molecule has 0 aromatic carbocycles. The standard InChI is InChI=1S/C10H16ClF2N3/c1-4-14-8(10(12)13)9-7(11)5-15-16(9)6(2)3/h5-6,8,10,14H,4H2,1-3H3. The average Bonchev–Trinajstić information content (AvgIpc) is 2.56. The lowest BCUT2D eigenvalue weighted by molar-refractivity contribution is 0.0944. The van der Waals surface area contributed by atoms with Crippen LogP contribution in [0.3, 0.4) is 0 Å². The van der Waals surface area contributed by atoms with Crippen molar-refractivity contribution in [2.24, 2.45) is 0 Å². The lowest BCUT2D eigenvalue weighted by Crippen LogP contribution is -2.30. The van der Waals surface area contributed by atoms with Gasteiger partial charge in [-0.2, -0.15) is 5.10 Å². The van der Waals surface area contributed by atoms with Gasteiger partial charge in [-0.3, -0.25) is 4.68 Å². The minimum Gasteiger partial charge on any atom is -0.304 e. The minimum absolute atomic E-state index is 0.00223. The van der Waals surface area contributed by atoms with Crippen LogP contribution in [-0.2, 0) is 0 Å². The molecule has 1 atom stereocenters. The molecule has 1 unspecified atom stereocenters. The van der Waals surface area contributed by atoms with Gasteiger partial charge in [0.05, 0.1) is 16.9 Å². The molecule has 0 amide bonds. The van der Waals surface area contributed by atoms with Gasteiger partial charge in [0.2, 0.25) is 0 Å². The van der Waals surface area contributed by atoms with Crippen LogP contribution < -0.4 is 5.32 Å². The minimum atomic E-state index is -2.51. The van der Waals surface area contributed by atoms with Gasteiger partial charge in [0.15, 0.2) is 0 Å². The largest absolute Gasteiger partial charge is 0.304 e. The number of nitrogens with one attached hydrogen (secondary N) is 1. The van der Waals surface area contributed by atoms with E-state index < -0.39 is 12.5 Å². The molecule has 0 saturated carbocycles. The number of rotatable bonds is 5. The zero-order valence-corrected chi connectivity index (χ0v) is 10.3. The van der Waals surface area contributed by atoms with Crippen LogP contribution in [0.2, 0.25) is 5.02 Å². The Kier molecular flexibility index (Phi) is 4.68. The van der Waals surface area contributed by atoms with Gasteiger partial charge >= 0.3 is 0 Å². The summed E-state index contributed by atoms with van der Waals surface area (Å²) >= 11 is 5.91. The summed E-state index contributed by atoms with van der Waals surface area (Å²) in [6.07, 6.45) is -1.10. The third kappa shape index (κ3) is 2.71. The topological polar surface area (TPSA) is 29.9 Å². The molecule has 0 spiro atoms. The summed E-state index contributed by atoms with van der Waals surface area (Å²) < 4.78 is 27.4. The highest BCUT2D eigenvalue weighted by atomic mass is 35.5. The maximum Gasteiger partial charge on any atom is 0.259 e. The number of hydrogen-bond acceptors (Lipinski definition) is 2. The van der Waals surface area contributed by atoms with Crippen molar-refractivity contribution in [3.05, 3.63) is 16.9 Å². The Morgan fingerprint density at radius 1 is 1.50 bits per heavy atom. The van der Waals surface area contributed by atoms with Crippen molar-refractivity contribution in [3.8, 4) is 0 Å². The summed E-state index contributed by atoms with van der Waals surface area (Å²) in [4.78, 5) is 0. The van der Waals surface area contributed by atoms with Crippen LogP contribution in [0.15, 0.2) is 6.20 Å². The molecular weight excluding hydrogens is 236 g/mol. The van der Waals surface area contributed by atoms with E-state index in [-0.39, 0.29) is 11.1 Å². The molecule has 0 aliphatic heterocycles. The van der Waals surface area contributed by atoms with E-state index in [0.29, 0.717) is 12.2 Å². The molecule has 0 bridgehead atoms. The SMILES string of the molecule is CCNC(c1c(Cl)cnn1C(C)C)C(F)F. The van der Waals surface area contributed by atoms with Crippen LogP contribution in [-0.4, -0.2) is 22.8 Å². The highest BCUT2D eigenvalue weighted by Gasteiger charge is 2.28. The third-order valence-corrected chi connectivity index (χ3v) is 2.54. The van der Waals surface area contributed by atoms with Crippen molar-refractivity contribution in [2.75, 3.05) is 6.54 Å². The van der Waals surface area contributed by atoms with E-state index in [1.807, 2.05) is 13.8 Å². The van der Waals surface area contributed by atoms with E-state index >= 15 is 0 Å². The molecule has 1 aromatic rings. The van der Waals surface area contributed by atoms with E-state index in [2.05, 4.69) is 10.4 Å². The normalized spacial score (nSPS) is 13.8. The fraction of sp³-hybridized carbons (Fsp3) is 0.700. The molecule has 1 rings (SSSR count). The lowest BCUT2D eigenvalue weighted by atomic mass is 10.2. The van der Waals surface area contributed by atoms with Gasteiger partial charge < -0.3 is 5.32 Å². The second-order valence-corrected chi connectivity index (χ2v) is 4.19. The van der Waals surface area contributed by atoms with Gasteiger partial charge in [-0.25, -0.2) is 8.78 Å². The Morgan fingerprint density at radius 3 is 2.56 bits per heavy atom. The lowest BCUT2D eigenvalue weighted by Gasteiger charge is -2.20. The Bertz CT molecular complexity index is 339. The maximum absolute atomic E-state index is 12.9. The molecule has 0 saturated heterocycles. The van der Waals surface area contributed by atoms with Gasteiger partial charge in [-0.05, 0) is 20.4 Å². The van der Waals surface area contributed by atoms with E-state index in [9.17, 15) is 8.78 Å². The molecule has 16 heavy (non-hydrogen) atoms. The fourth-order valence-electron chi connectivity index (χ4n) is 1.58. The van der Waals surface area contributed by atoms with Gasteiger partial charge in [0, 0.05) is 6.04 Å². The van der Waals surface area contributed by atoms with Gasteiger partial charge in [0.25, 0.3) is 6.43 Å². The van der Waals surface area contributed by atoms with Crippen molar-refractivity contribution >= 4 is 11.6 Å². The summed E-state index contributed by atoms with van der Waals surface area (Å²) in [7, 11) is 0. The molecule has 0 aliphatic rings. The van der Waals surface area contributed by atoms with Gasteiger partial charge in [-0.15, -0.1) is 0 Å². The number of halogens is 3. The molecule has 3 nitrogen and oxygen atoms in total. The van der Waals surface area contributed by atoms with Crippen LogP contribution in [0.4, 0.5) is 8.78 Å². The average molecular weight is 252 g/mol. The molecule has 0 radical (unpaired) electrons. The van der Waals surface area contributed by atoms with E-state index in [1.54, 1.807) is 6.92 Å². The fourth-order valence-corrected chi connectivity index (χ4v) is 1.83. The first kappa shape index (κ1) is 13.4. The molecule has 92 valence electrons. The monoisotopic (exact) mass is 251 g/mol. The first-order valence-electron chi connectivity index (χ1n) is 5.23. The maximum atomic E-state index is 12.9. The highest BCUT2D eigenvalue weighted by molar-refractivity contribution is 6.31. The van der Waals surface area contributed by atoms with Crippen LogP contribution in [0.25, 0.3) is 0 Å². The van der Waals surface area contributed by atoms with E-state index in [0.717, 1.165) is 0 Å². The summed E-state index contributed by atoms with van der Waals surface area (Å²) in [6, 6.07) is -1.06. The van der Waals surface area contributed by atoms with Crippen molar-refractivity contribution in [1.29, 1.82) is 0 Å².